The fraction of sp³-hybridized carbons (Fsp3) is 0.360. The number of phenols is 1. The second-order valence-electron chi connectivity index (χ2n) is 7.67. The molecule has 1 unspecified atom stereocenters. The highest BCUT2D eigenvalue weighted by Crippen LogP contribution is 2.44. The molecular weight excluding hydrogens is 426 g/mol. The zero-order chi connectivity index (χ0) is 24.1. The van der Waals surface area contributed by atoms with Gasteiger partial charge in [-0.2, -0.15) is 0 Å². The highest BCUT2D eigenvalue weighted by Gasteiger charge is 2.46. The van der Waals surface area contributed by atoms with Crippen LogP contribution in [0.15, 0.2) is 42.0 Å². The first-order valence-corrected chi connectivity index (χ1v) is 10.8. The van der Waals surface area contributed by atoms with E-state index in [-0.39, 0.29) is 22.6 Å². The van der Waals surface area contributed by atoms with Crippen molar-refractivity contribution in [2.24, 2.45) is 0 Å². The number of hydrogen-bond acceptors (Lipinski definition) is 7. The minimum absolute atomic E-state index is 0.0936. The van der Waals surface area contributed by atoms with Crippen LogP contribution in [0.25, 0.3) is 5.76 Å². The number of rotatable bonds is 9. The first-order chi connectivity index (χ1) is 15.9. The summed E-state index contributed by atoms with van der Waals surface area (Å²) < 4.78 is 15.9. The number of phenolic OH excluding ortho intramolecular Hbond substituents is 1. The Kier molecular flexibility index (Phi) is 7.48. The van der Waals surface area contributed by atoms with E-state index in [0.717, 1.165) is 12.8 Å². The largest absolute Gasteiger partial charge is 0.506 e. The number of aromatic hydroxyl groups is 1. The van der Waals surface area contributed by atoms with Crippen molar-refractivity contribution < 1.29 is 34.0 Å². The highest BCUT2D eigenvalue weighted by atomic mass is 16.5. The predicted octanol–water partition coefficient (Wildman–Crippen LogP) is 4.03. The van der Waals surface area contributed by atoms with E-state index in [9.17, 15) is 19.8 Å². The zero-order valence-electron chi connectivity index (χ0n) is 19.3. The lowest BCUT2D eigenvalue weighted by Gasteiger charge is -2.26. The SMILES string of the molecule is CCCCCN1C(=O)C(=O)/C(=C(/O)c2c(OC)cccc2OC)C1c1ccc(OC)c(O)c1. The van der Waals surface area contributed by atoms with Crippen molar-refractivity contribution in [2.45, 2.75) is 32.2 Å². The lowest BCUT2D eigenvalue weighted by atomic mass is 9.94. The number of methoxy groups -OCH3 is 3. The van der Waals surface area contributed by atoms with Crippen LogP contribution >= 0.6 is 0 Å². The molecule has 0 bridgehead atoms. The number of hydrogen-bond donors (Lipinski definition) is 2. The third kappa shape index (κ3) is 4.46. The van der Waals surface area contributed by atoms with E-state index >= 15 is 0 Å². The molecule has 0 aliphatic carbocycles. The average Bonchev–Trinajstić information content (AvgIpc) is 3.08. The number of likely N-dealkylation sites (tertiary alicyclic amines) is 1. The number of unbranched alkanes of at least 4 members (excludes halogenated alkanes) is 2. The van der Waals surface area contributed by atoms with Gasteiger partial charge in [0.05, 0.1) is 32.9 Å². The summed E-state index contributed by atoms with van der Waals surface area (Å²) in [6, 6.07) is 8.71. The Morgan fingerprint density at radius 1 is 0.970 bits per heavy atom. The van der Waals surface area contributed by atoms with Crippen molar-refractivity contribution in [3.05, 3.63) is 53.1 Å². The van der Waals surface area contributed by atoms with E-state index in [0.29, 0.717) is 30.0 Å². The van der Waals surface area contributed by atoms with Gasteiger partial charge in [-0.05, 0) is 36.2 Å². The molecule has 1 atom stereocenters. The summed E-state index contributed by atoms with van der Waals surface area (Å²) in [5.41, 5.74) is 0.556. The molecule has 2 aromatic rings. The number of aliphatic hydroxyl groups is 1. The van der Waals surface area contributed by atoms with Crippen LogP contribution in [0.2, 0.25) is 0 Å². The van der Waals surface area contributed by atoms with E-state index < -0.39 is 23.5 Å². The third-order valence-electron chi connectivity index (χ3n) is 5.73. The van der Waals surface area contributed by atoms with E-state index in [1.807, 2.05) is 6.92 Å². The molecule has 8 nitrogen and oxygen atoms in total. The Labute approximate surface area is 193 Å². The molecule has 2 aromatic carbocycles. The van der Waals surface area contributed by atoms with Crippen molar-refractivity contribution in [2.75, 3.05) is 27.9 Å². The number of ketones is 1. The first-order valence-electron chi connectivity index (χ1n) is 10.8. The summed E-state index contributed by atoms with van der Waals surface area (Å²) in [5.74, 6) is -1.21. The molecule has 0 aromatic heterocycles. The average molecular weight is 456 g/mol. The van der Waals surface area contributed by atoms with Crippen molar-refractivity contribution >= 4 is 17.4 Å². The molecule has 8 heteroatoms. The van der Waals surface area contributed by atoms with Crippen molar-refractivity contribution in [1.29, 1.82) is 0 Å². The van der Waals surface area contributed by atoms with Crippen LogP contribution in [0.4, 0.5) is 0 Å². The van der Waals surface area contributed by atoms with Crippen LogP contribution in [0, 0.1) is 0 Å². The van der Waals surface area contributed by atoms with Gasteiger partial charge in [0.25, 0.3) is 11.7 Å². The summed E-state index contributed by atoms with van der Waals surface area (Å²) in [6.45, 7) is 2.37. The van der Waals surface area contributed by atoms with Crippen molar-refractivity contribution in [3.63, 3.8) is 0 Å². The molecule has 176 valence electrons. The number of aliphatic hydroxyl groups excluding tert-OH is 1. The number of carbonyl (C=O) groups is 2. The molecule has 0 radical (unpaired) electrons. The van der Waals surface area contributed by atoms with Crippen LogP contribution in [0.3, 0.4) is 0 Å². The molecule has 33 heavy (non-hydrogen) atoms. The Morgan fingerprint density at radius 2 is 1.61 bits per heavy atom. The lowest BCUT2D eigenvalue weighted by molar-refractivity contribution is -0.139. The molecule has 2 N–H and O–H groups in total. The maximum atomic E-state index is 13.2. The Bertz CT molecular complexity index is 1050. The zero-order valence-corrected chi connectivity index (χ0v) is 19.3. The number of Topliss-reactive ketones (excluding diaryl/α,β-unsaturated/α-hetero) is 1. The van der Waals surface area contributed by atoms with Crippen LogP contribution < -0.4 is 14.2 Å². The normalized spacial score (nSPS) is 17.3. The Balaban J connectivity index is 2.24. The number of ether oxygens (including phenoxy) is 3. The lowest BCUT2D eigenvalue weighted by Crippen LogP contribution is -2.30. The van der Waals surface area contributed by atoms with Crippen LogP contribution in [-0.2, 0) is 9.59 Å². The summed E-state index contributed by atoms with van der Waals surface area (Å²) >= 11 is 0. The highest BCUT2D eigenvalue weighted by molar-refractivity contribution is 6.46. The predicted molar refractivity (Wildman–Crippen MR) is 123 cm³/mol. The molecule has 0 spiro atoms. The third-order valence-corrected chi connectivity index (χ3v) is 5.73. The van der Waals surface area contributed by atoms with Gasteiger partial charge in [-0.3, -0.25) is 9.59 Å². The van der Waals surface area contributed by atoms with Gasteiger partial charge in [-0.1, -0.05) is 31.9 Å². The molecule has 1 saturated heterocycles. The summed E-state index contributed by atoms with van der Waals surface area (Å²) in [6.07, 6.45) is 2.51. The quantitative estimate of drug-likeness (QED) is 0.255. The second kappa shape index (κ2) is 10.3. The maximum absolute atomic E-state index is 13.2. The van der Waals surface area contributed by atoms with Gasteiger partial charge in [0, 0.05) is 6.54 Å². The van der Waals surface area contributed by atoms with Crippen LogP contribution in [0.1, 0.15) is 43.4 Å². The molecule has 1 amide bonds. The van der Waals surface area contributed by atoms with E-state index in [4.69, 9.17) is 14.2 Å². The van der Waals surface area contributed by atoms with Gasteiger partial charge in [0.2, 0.25) is 0 Å². The van der Waals surface area contributed by atoms with Crippen molar-refractivity contribution in [1.82, 2.24) is 4.90 Å². The molecule has 0 saturated carbocycles. The molecular formula is C25H29NO7. The summed E-state index contributed by atoms with van der Waals surface area (Å²) in [4.78, 5) is 27.6. The fourth-order valence-electron chi connectivity index (χ4n) is 4.09. The van der Waals surface area contributed by atoms with E-state index in [1.165, 1.54) is 32.3 Å². The topological polar surface area (TPSA) is 106 Å². The fourth-order valence-corrected chi connectivity index (χ4v) is 4.09. The molecule has 1 fully saturated rings. The van der Waals surface area contributed by atoms with E-state index in [1.54, 1.807) is 30.3 Å². The van der Waals surface area contributed by atoms with Crippen molar-refractivity contribution in [3.8, 4) is 23.0 Å². The number of benzene rings is 2. The van der Waals surface area contributed by atoms with Gasteiger partial charge < -0.3 is 29.3 Å². The number of carbonyl (C=O) groups excluding carboxylic acids is 2. The Morgan fingerprint density at radius 3 is 2.15 bits per heavy atom. The minimum Gasteiger partial charge on any atom is -0.506 e. The minimum atomic E-state index is -0.895. The molecule has 1 aliphatic rings. The summed E-state index contributed by atoms with van der Waals surface area (Å²) in [5, 5.41) is 21.7. The maximum Gasteiger partial charge on any atom is 0.295 e. The van der Waals surface area contributed by atoms with E-state index in [2.05, 4.69) is 0 Å². The number of amides is 1. The van der Waals surface area contributed by atoms with Crippen LogP contribution in [0.5, 0.6) is 23.0 Å². The molecule has 1 heterocycles. The summed E-state index contributed by atoms with van der Waals surface area (Å²) in [7, 11) is 4.31. The standard InChI is InChI=1S/C25H29NO7/c1-5-6-7-13-26-22(15-11-12-17(31-2)16(27)14-15)21(24(29)25(26)30)23(28)20-18(32-3)9-8-10-19(20)33-4/h8-12,14,22,27-28H,5-7,13H2,1-4H3/b23-21+. The Hall–Kier alpha value is -3.68. The number of nitrogens with zero attached hydrogens (tertiary/aromatic N) is 1. The van der Waals surface area contributed by atoms with Gasteiger partial charge in [0.1, 0.15) is 22.8 Å². The first kappa shape index (κ1) is 24.0. The smallest absolute Gasteiger partial charge is 0.295 e. The van der Waals surface area contributed by atoms with Gasteiger partial charge >= 0.3 is 0 Å². The van der Waals surface area contributed by atoms with Gasteiger partial charge in [-0.15, -0.1) is 0 Å². The van der Waals surface area contributed by atoms with Gasteiger partial charge in [0.15, 0.2) is 11.5 Å². The molecule has 3 rings (SSSR count). The van der Waals surface area contributed by atoms with Gasteiger partial charge in [-0.25, -0.2) is 0 Å². The van der Waals surface area contributed by atoms with Crippen LogP contribution in [-0.4, -0.2) is 54.7 Å². The molecule has 1 aliphatic heterocycles. The second-order valence-corrected chi connectivity index (χ2v) is 7.67. The monoisotopic (exact) mass is 455 g/mol.